The molecule has 76 heavy (non-hydrogen) atoms. The SMILES string of the molecule is N#Cc1cccc(-c2ccc(-c3nc(-c4ccccc4)nc(-c4cc(C#N)ccc4N4c5ccccc5C(=Cc5ccccc5)c5ccccc54)n3)c(N3c4ccccc4C(=Cc4ccccc4)c4ccccc43)c2)c1. The average molecular weight is 970 g/mol. The third kappa shape index (κ3) is 8.17. The summed E-state index contributed by atoms with van der Waals surface area (Å²) in [6, 6.07) is 89.4. The van der Waals surface area contributed by atoms with Crippen LogP contribution in [-0.4, -0.2) is 15.0 Å². The van der Waals surface area contributed by atoms with Crippen molar-refractivity contribution >= 4 is 57.4 Å². The Hall–Kier alpha value is -10.7. The van der Waals surface area contributed by atoms with E-state index in [-0.39, 0.29) is 0 Å². The number of nitrogens with zero attached hydrogens (tertiary/aromatic N) is 7. The van der Waals surface area contributed by atoms with Crippen LogP contribution in [0, 0.1) is 22.7 Å². The zero-order valence-corrected chi connectivity index (χ0v) is 41.0. The zero-order chi connectivity index (χ0) is 51.0. The van der Waals surface area contributed by atoms with Gasteiger partial charge in [-0.25, -0.2) is 15.0 Å². The van der Waals surface area contributed by atoms with Crippen LogP contribution < -0.4 is 9.80 Å². The third-order valence-corrected chi connectivity index (χ3v) is 14.0. The largest absolute Gasteiger partial charge is 0.309 e. The minimum absolute atomic E-state index is 0.404. The number of aromatic nitrogens is 3. The highest BCUT2D eigenvalue weighted by atomic mass is 15.2. The maximum atomic E-state index is 10.6. The fourth-order valence-corrected chi connectivity index (χ4v) is 10.6. The molecule has 0 atom stereocenters. The van der Waals surface area contributed by atoms with Gasteiger partial charge in [0, 0.05) is 38.9 Å². The van der Waals surface area contributed by atoms with Crippen LogP contribution in [0.5, 0.6) is 0 Å². The van der Waals surface area contributed by atoms with Gasteiger partial charge in [-0.15, -0.1) is 0 Å². The summed E-state index contributed by atoms with van der Waals surface area (Å²) < 4.78 is 0. The second-order valence-corrected chi connectivity index (χ2v) is 18.6. The molecule has 354 valence electrons. The molecule has 1 aromatic heterocycles. The lowest BCUT2D eigenvalue weighted by Crippen LogP contribution is -2.19. The lowest BCUT2D eigenvalue weighted by atomic mass is 9.87. The van der Waals surface area contributed by atoms with E-state index in [4.69, 9.17) is 15.0 Å². The number of para-hydroxylation sites is 4. The number of hydrogen-bond donors (Lipinski definition) is 0. The first-order valence-corrected chi connectivity index (χ1v) is 25.1. The molecule has 10 aromatic carbocycles. The molecule has 3 heterocycles. The van der Waals surface area contributed by atoms with E-state index in [0.29, 0.717) is 34.2 Å². The van der Waals surface area contributed by atoms with Gasteiger partial charge in [0.05, 0.1) is 57.4 Å². The Balaban J connectivity index is 1.06. The Morgan fingerprint density at radius 1 is 0.289 bits per heavy atom. The first kappa shape index (κ1) is 45.2. The summed E-state index contributed by atoms with van der Waals surface area (Å²) >= 11 is 0. The maximum absolute atomic E-state index is 10.6. The van der Waals surface area contributed by atoms with Crippen LogP contribution in [0.4, 0.5) is 34.1 Å². The fourth-order valence-electron chi connectivity index (χ4n) is 10.6. The fraction of sp³-hybridized carbons (Fsp3) is 0. The molecule has 0 fully saturated rings. The molecule has 2 aliphatic heterocycles. The summed E-state index contributed by atoms with van der Waals surface area (Å²) in [5.74, 6) is 1.32. The average Bonchev–Trinajstić information content (AvgIpc) is 3.62. The van der Waals surface area contributed by atoms with Crippen LogP contribution in [0.1, 0.15) is 44.5 Å². The van der Waals surface area contributed by atoms with Gasteiger partial charge in [-0.2, -0.15) is 10.5 Å². The van der Waals surface area contributed by atoms with Gasteiger partial charge in [-0.3, -0.25) is 0 Å². The van der Waals surface area contributed by atoms with Crippen LogP contribution in [-0.2, 0) is 0 Å². The molecule has 11 aromatic rings. The van der Waals surface area contributed by atoms with E-state index in [0.717, 1.165) is 101 Å². The summed E-state index contributed by atoms with van der Waals surface area (Å²) in [7, 11) is 0. The quantitative estimate of drug-likeness (QED) is 0.150. The highest BCUT2D eigenvalue weighted by molar-refractivity contribution is 6.09. The standard InChI is InChI=1S/C69H43N7/c70-44-48-23-18-26-51(39-48)52-36-37-57(66(43-52)76-63-33-16-12-29-55(63)59(41-47-21-6-2-7-22-47)56-30-13-17-34-64(56)76)68-72-67(50-24-8-3-9-25-50)73-69(74-68)60-42-49(45-71)35-38-65(60)75-61-31-14-10-27-53(61)58(40-46-19-4-1-5-20-46)54-28-11-15-32-62(54)75/h1-43H. The van der Waals surface area contributed by atoms with Crippen molar-refractivity contribution in [1.82, 2.24) is 15.0 Å². The smallest absolute Gasteiger partial charge is 0.166 e. The first-order valence-electron chi connectivity index (χ1n) is 25.1. The molecule has 7 nitrogen and oxygen atoms in total. The van der Waals surface area contributed by atoms with Crippen molar-refractivity contribution in [3.63, 3.8) is 0 Å². The molecule has 2 aliphatic rings. The Morgan fingerprint density at radius 2 is 0.697 bits per heavy atom. The van der Waals surface area contributed by atoms with E-state index in [1.165, 1.54) is 0 Å². The van der Waals surface area contributed by atoms with Crippen molar-refractivity contribution in [1.29, 1.82) is 10.5 Å². The van der Waals surface area contributed by atoms with Crippen molar-refractivity contribution in [3.8, 4) is 57.4 Å². The van der Waals surface area contributed by atoms with Crippen LogP contribution in [0.15, 0.2) is 249 Å². The summed E-state index contributed by atoms with van der Waals surface area (Å²) in [6.45, 7) is 0. The third-order valence-electron chi connectivity index (χ3n) is 14.0. The first-order chi connectivity index (χ1) is 37.6. The number of nitriles is 2. The number of fused-ring (bicyclic) bond motifs is 4. The van der Waals surface area contributed by atoms with E-state index in [2.05, 4.69) is 198 Å². The molecule has 0 N–H and O–H groups in total. The molecule has 0 aliphatic carbocycles. The van der Waals surface area contributed by atoms with Crippen LogP contribution in [0.2, 0.25) is 0 Å². The molecule has 13 rings (SSSR count). The Kier molecular flexibility index (Phi) is 11.5. The van der Waals surface area contributed by atoms with Crippen LogP contribution in [0.3, 0.4) is 0 Å². The lowest BCUT2D eigenvalue weighted by Gasteiger charge is -2.36. The Bertz CT molecular complexity index is 4110. The summed E-state index contributed by atoms with van der Waals surface area (Å²) in [6.07, 6.45) is 4.51. The maximum Gasteiger partial charge on any atom is 0.166 e. The lowest BCUT2D eigenvalue weighted by molar-refractivity contribution is 1.07. The molecule has 0 radical (unpaired) electrons. The number of benzene rings is 10. The second-order valence-electron chi connectivity index (χ2n) is 18.6. The minimum Gasteiger partial charge on any atom is -0.309 e. The van der Waals surface area contributed by atoms with Crippen molar-refractivity contribution in [3.05, 3.63) is 293 Å². The summed E-state index contributed by atoms with van der Waals surface area (Å²) in [4.78, 5) is 20.8. The Morgan fingerprint density at radius 3 is 1.22 bits per heavy atom. The highest BCUT2D eigenvalue weighted by Crippen LogP contribution is 2.54. The highest BCUT2D eigenvalue weighted by Gasteiger charge is 2.32. The molecular weight excluding hydrogens is 927 g/mol. The topological polar surface area (TPSA) is 92.7 Å². The van der Waals surface area contributed by atoms with E-state index in [1.807, 2.05) is 84.9 Å². The minimum atomic E-state index is 0.404. The molecule has 0 saturated heterocycles. The van der Waals surface area contributed by atoms with Crippen LogP contribution in [0.25, 0.3) is 68.6 Å². The molecule has 0 bridgehead atoms. The van der Waals surface area contributed by atoms with Gasteiger partial charge in [0.15, 0.2) is 17.5 Å². The van der Waals surface area contributed by atoms with Gasteiger partial charge in [-0.1, -0.05) is 182 Å². The van der Waals surface area contributed by atoms with E-state index in [1.54, 1.807) is 0 Å². The van der Waals surface area contributed by atoms with E-state index < -0.39 is 0 Å². The number of hydrogen-bond acceptors (Lipinski definition) is 7. The molecule has 7 heteroatoms. The van der Waals surface area contributed by atoms with Gasteiger partial charge in [-0.05, 0) is 112 Å². The van der Waals surface area contributed by atoms with Gasteiger partial charge in [0.2, 0.25) is 0 Å². The molecule has 0 saturated carbocycles. The Labute approximate surface area is 441 Å². The van der Waals surface area contributed by atoms with Crippen molar-refractivity contribution in [2.45, 2.75) is 0 Å². The second kappa shape index (κ2) is 19.4. The van der Waals surface area contributed by atoms with Gasteiger partial charge in [0.1, 0.15) is 0 Å². The molecule has 0 unspecified atom stereocenters. The van der Waals surface area contributed by atoms with Crippen molar-refractivity contribution in [2.24, 2.45) is 0 Å². The number of rotatable bonds is 8. The molecule has 0 amide bonds. The van der Waals surface area contributed by atoms with Crippen molar-refractivity contribution < 1.29 is 0 Å². The van der Waals surface area contributed by atoms with Gasteiger partial charge >= 0.3 is 0 Å². The summed E-state index contributed by atoms with van der Waals surface area (Å²) in [5.41, 5.74) is 19.3. The monoisotopic (exact) mass is 969 g/mol. The van der Waals surface area contributed by atoms with E-state index in [9.17, 15) is 10.5 Å². The number of anilines is 6. The summed E-state index contributed by atoms with van der Waals surface area (Å²) in [5, 5.41) is 20.6. The van der Waals surface area contributed by atoms with Crippen molar-refractivity contribution in [2.75, 3.05) is 9.80 Å². The molecular formula is C69H43N7. The molecule has 0 spiro atoms. The van der Waals surface area contributed by atoms with Gasteiger partial charge in [0.25, 0.3) is 0 Å². The zero-order valence-electron chi connectivity index (χ0n) is 41.0. The van der Waals surface area contributed by atoms with Gasteiger partial charge < -0.3 is 9.80 Å². The van der Waals surface area contributed by atoms with Crippen LogP contribution >= 0.6 is 0 Å². The normalized spacial score (nSPS) is 12.1. The van der Waals surface area contributed by atoms with E-state index >= 15 is 0 Å². The predicted molar refractivity (Wildman–Crippen MR) is 307 cm³/mol. The predicted octanol–water partition coefficient (Wildman–Crippen LogP) is 17.0.